The van der Waals surface area contributed by atoms with Crippen LogP contribution < -0.4 is 0 Å². The highest BCUT2D eigenvalue weighted by molar-refractivity contribution is 5.49. The first-order valence-corrected chi connectivity index (χ1v) is 9.01. The maximum absolute atomic E-state index is 11.4. The van der Waals surface area contributed by atoms with Gasteiger partial charge in [-0.1, -0.05) is 61.2 Å². The fraction of sp³-hybridized carbons (Fsp3) is 0.364. The van der Waals surface area contributed by atoms with Gasteiger partial charge in [0.25, 0.3) is 0 Å². The quantitative estimate of drug-likeness (QED) is 0.927. The number of hydrogen-bond acceptors (Lipinski definition) is 3. The van der Waals surface area contributed by atoms with Crippen LogP contribution in [0.3, 0.4) is 0 Å². The van der Waals surface area contributed by atoms with Crippen LogP contribution in [0.25, 0.3) is 6.08 Å². The van der Waals surface area contributed by atoms with Gasteiger partial charge in [0.1, 0.15) is 0 Å². The summed E-state index contributed by atoms with van der Waals surface area (Å²) in [7, 11) is 0. The Kier molecular flexibility index (Phi) is 4.46. The highest BCUT2D eigenvalue weighted by Crippen LogP contribution is 2.41. The first-order chi connectivity index (χ1) is 12.2. The number of ether oxygens (including phenoxy) is 1. The smallest absolute Gasteiger partial charge is 0.0928 e. The van der Waals surface area contributed by atoms with Crippen LogP contribution in [0.5, 0.6) is 0 Å². The second kappa shape index (κ2) is 6.75. The summed E-state index contributed by atoms with van der Waals surface area (Å²) in [6, 6.07) is 19.2. The van der Waals surface area contributed by atoms with E-state index in [1.54, 1.807) is 0 Å². The Balaban J connectivity index is 1.59. The average Bonchev–Trinajstić information content (AvgIpc) is 2.64. The molecule has 2 fully saturated rings. The summed E-state index contributed by atoms with van der Waals surface area (Å²) >= 11 is 0. The van der Waals surface area contributed by atoms with Gasteiger partial charge in [-0.15, -0.1) is 0 Å². The van der Waals surface area contributed by atoms with Gasteiger partial charge in [0.2, 0.25) is 0 Å². The number of nitrogens with zero attached hydrogens (tertiary/aromatic N) is 1. The zero-order chi connectivity index (χ0) is 17.3. The average molecular weight is 335 g/mol. The lowest BCUT2D eigenvalue weighted by Gasteiger charge is -2.52. The summed E-state index contributed by atoms with van der Waals surface area (Å²) in [5, 5.41) is 11.4. The van der Waals surface area contributed by atoms with Gasteiger partial charge in [-0.05, 0) is 35.6 Å². The Bertz CT molecular complexity index is 729. The van der Waals surface area contributed by atoms with Crippen LogP contribution in [0, 0.1) is 0 Å². The zero-order valence-electron chi connectivity index (χ0n) is 14.5. The van der Waals surface area contributed by atoms with E-state index < -0.39 is 5.60 Å². The molecule has 1 N–H and O–H groups in total. The Labute approximate surface area is 149 Å². The molecule has 3 heteroatoms. The largest absolute Gasteiger partial charge is 0.385 e. The molecular weight excluding hydrogens is 310 g/mol. The summed E-state index contributed by atoms with van der Waals surface area (Å²) < 4.78 is 5.81. The number of hydrogen-bond donors (Lipinski definition) is 1. The van der Waals surface area contributed by atoms with Gasteiger partial charge in [0, 0.05) is 18.6 Å². The Hall–Kier alpha value is -1.94. The van der Waals surface area contributed by atoms with Crippen molar-refractivity contribution in [1.29, 1.82) is 0 Å². The Morgan fingerprint density at radius 2 is 1.80 bits per heavy atom. The van der Waals surface area contributed by atoms with E-state index in [-0.39, 0.29) is 12.1 Å². The van der Waals surface area contributed by atoms with Crippen molar-refractivity contribution in [3.8, 4) is 0 Å². The first-order valence-electron chi connectivity index (χ1n) is 9.01. The summed E-state index contributed by atoms with van der Waals surface area (Å²) in [6.45, 7) is 6.14. The molecule has 4 rings (SSSR count). The normalized spacial score (nSPS) is 29.3. The fourth-order valence-corrected chi connectivity index (χ4v) is 4.29. The lowest BCUT2D eigenvalue weighted by molar-refractivity contribution is -0.149. The van der Waals surface area contributed by atoms with Crippen molar-refractivity contribution >= 4 is 6.08 Å². The monoisotopic (exact) mass is 335 g/mol. The molecule has 0 aliphatic carbocycles. The van der Waals surface area contributed by atoms with Crippen molar-refractivity contribution in [3.05, 3.63) is 77.9 Å². The van der Waals surface area contributed by atoms with Crippen molar-refractivity contribution in [2.45, 2.75) is 37.1 Å². The number of benzene rings is 2. The standard InChI is InChI=1S/C22H25NO2/c1-2-17-9-6-10-19(11-17)22(24)12-20-15-25-16-21(13-22)23(20)14-18-7-4-3-5-8-18/h2-11,20-21,24H,1,12-16H2. The molecule has 2 aliphatic heterocycles. The van der Waals surface area contributed by atoms with Crippen LogP contribution in [0.1, 0.15) is 29.5 Å². The van der Waals surface area contributed by atoms with Crippen LogP contribution in [-0.2, 0) is 16.9 Å². The predicted molar refractivity (Wildman–Crippen MR) is 100 cm³/mol. The molecule has 2 heterocycles. The van der Waals surface area contributed by atoms with Crippen molar-refractivity contribution in [3.63, 3.8) is 0 Å². The van der Waals surface area contributed by atoms with Crippen LogP contribution in [0.15, 0.2) is 61.2 Å². The minimum absolute atomic E-state index is 0.241. The topological polar surface area (TPSA) is 32.7 Å². The summed E-state index contributed by atoms with van der Waals surface area (Å²) in [6.07, 6.45) is 3.25. The van der Waals surface area contributed by atoms with Gasteiger partial charge in [0.15, 0.2) is 0 Å². The van der Waals surface area contributed by atoms with Gasteiger partial charge in [-0.2, -0.15) is 0 Å². The summed E-state index contributed by atoms with van der Waals surface area (Å²) in [4.78, 5) is 2.52. The third-order valence-electron chi connectivity index (χ3n) is 5.57. The number of fused-ring (bicyclic) bond motifs is 2. The van der Waals surface area contributed by atoms with E-state index in [9.17, 15) is 5.11 Å². The van der Waals surface area contributed by atoms with Crippen LogP contribution in [-0.4, -0.2) is 35.3 Å². The highest BCUT2D eigenvalue weighted by atomic mass is 16.5. The third kappa shape index (κ3) is 3.28. The Morgan fingerprint density at radius 1 is 1.08 bits per heavy atom. The molecule has 0 radical (unpaired) electrons. The molecule has 2 aliphatic rings. The van der Waals surface area contributed by atoms with E-state index in [0.717, 1.165) is 17.7 Å². The van der Waals surface area contributed by atoms with Gasteiger partial charge < -0.3 is 9.84 Å². The maximum atomic E-state index is 11.4. The molecule has 0 saturated carbocycles. The zero-order valence-corrected chi connectivity index (χ0v) is 14.5. The predicted octanol–water partition coefficient (Wildman–Crippen LogP) is 3.58. The number of rotatable bonds is 4. The molecule has 2 aromatic rings. The van der Waals surface area contributed by atoms with Crippen molar-refractivity contribution < 1.29 is 9.84 Å². The van der Waals surface area contributed by atoms with E-state index >= 15 is 0 Å². The molecule has 2 atom stereocenters. The molecule has 0 spiro atoms. The molecule has 130 valence electrons. The summed E-state index contributed by atoms with van der Waals surface area (Å²) in [5.41, 5.74) is 2.59. The minimum atomic E-state index is -0.786. The van der Waals surface area contributed by atoms with Crippen LogP contribution in [0.4, 0.5) is 0 Å². The molecule has 3 nitrogen and oxygen atoms in total. The lowest BCUT2D eigenvalue weighted by Crippen LogP contribution is -2.60. The fourth-order valence-electron chi connectivity index (χ4n) is 4.29. The Morgan fingerprint density at radius 3 is 2.48 bits per heavy atom. The van der Waals surface area contributed by atoms with Crippen molar-refractivity contribution in [2.24, 2.45) is 0 Å². The van der Waals surface area contributed by atoms with Gasteiger partial charge >= 0.3 is 0 Å². The van der Waals surface area contributed by atoms with Gasteiger partial charge in [-0.25, -0.2) is 0 Å². The summed E-state index contributed by atoms with van der Waals surface area (Å²) in [5.74, 6) is 0. The lowest BCUT2D eigenvalue weighted by atomic mass is 9.76. The molecule has 2 bridgehead atoms. The first kappa shape index (κ1) is 16.5. The van der Waals surface area contributed by atoms with Crippen LogP contribution in [0.2, 0.25) is 0 Å². The maximum Gasteiger partial charge on any atom is 0.0928 e. The van der Waals surface area contributed by atoms with Crippen molar-refractivity contribution in [2.75, 3.05) is 13.2 Å². The molecule has 2 aromatic carbocycles. The van der Waals surface area contributed by atoms with E-state index in [1.807, 2.05) is 24.3 Å². The minimum Gasteiger partial charge on any atom is -0.385 e. The number of piperidine rings is 1. The number of morpholine rings is 1. The highest BCUT2D eigenvalue weighted by Gasteiger charge is 2.46. The van der Waals surface area contributed by atoms with Crippen molar-refractivity contribution in [1.82, 2.24) is 4.90 Å². The molecule has 2 saturated heterocycles. The second-order valence-electron chi connectivity index (χ2n) is 7.27. The van der Waals surface area contributed by atoms with Crippen LogP contribution >= 0.6 is 0 Å². The van der Waals surface area contributed by atoms with Gasteiger partial charge in [0.05, 0.1) is 18.8 Å². The molecular formula is C22H25NO2. The van der Waals surface area contributed by atoms with E-state index in [1.165, 1.54) is 5.56 Å². The third-order valence-corrected chi connectivity index (χ3v) is 5.57. The molecule has 2 unspecified atom stereocenters. The molecule has 0 amide bonds. The van der Waals surface area contributed by atoms with E-state index in [4.69, 9.17) is 4.74 Å². The molecule has 0 aromatic heterocycles. The SMILES string of the molecule is C=Cc1cccc(C2(O)CC3COCC(C2)N3Cc2ccccc2)c1. The van der Waals surface area contributed by atoms with Gasteiger partial charge in [-0.3, -0.25) is 4.90 Å². The second-order valence-corrected chi connectivity index (χ2v) is 7.27. The molecule has 25 heavy (non-hydrogen) atoms. The van der Waals surface area contributed by atoms with E-state index in [0.29, 0.717) is 26.1 Å². The van der Waals surface area contributed by atoms with E-state index in [2.05, 4.69) is 47.9 Å². The number of aliphatic hydroxyl groups is 1.